The van der Waals surface area contributed by atoms with E-state index in [1.165, 1.54) is 18.4 Å². The largest absolute Gasteiger partial charge is 0.367 e. The number of H-pyrrole nitrogens is 1. The van der Waals surface area contributed by atoms with Gasteiger partial charge in [0.25, 0.3) is 5.91 Å². The first kappa shape index (κ1) is 16.4. The van der Waals surface area contributed by atoms with Crippen molar-refractivity contribution in [2.75, 3.05) is 12.4 Å². The summed E-state index contributed by atoms with van der Waals surface area (Å²) in [5.74, 6) is 0.261. The van der Waals surface area contributed by atoms with Crippen molar-refractivity contribution in [1.29, 1.82) is 0 Å². The molecule has 1 unspecified atom stereocenters. The number of anilines is 1. The molecule has 2 aromatic heterocycles. The highest BCUT2D eigenvalue weighted by Gasteiger charge is 2.21. The van der Waals surface area contributed by atoms with Crippen LogP contribution >= 0.6 is 11.3 Å². The summed E-state index contributed by atoms with van der Waals surface area (Å²) < 4.78 is 5.35. The maximum Gasteiger partial charge on any atom is 0.259 e. The highest BCUT2D eigenvalue weighted by atomic mass is 32.1. The van der Waals surface area contributed by atoms with E-state index in [0.717, 1.165) is 27.2 Å². The van der Waals surface area contributed by atoms with Crippen LogP contribution in [0.4, 0.5) is 5.82 Å². The van der Waals surface area contributed by atoms with Gasteiger partial charge in [-0.3, -0.25) is 4.79 Å². The quantitative estimate of drug-likeness (QED) is 0.561. The fraction of sp³-hybridized carbons (Fsp3) is 0.105. The van der Waals surface area contributed by atoms with Gasteiger partial charge in [0.05, 0.1) is 17.4 Å². The van der Waals surface area contributed by atoms with Crippen LogP contribution in [0.15, 0.2) is 60.2 Å². The molecule has 0 spiro atoms. The lowest BCUT2D eigenvalue weighted by molar-refractivity contribution is -0.126. The predicted octanol–water partition coefficient (Wildman–Crippen LogP) is 4.01. The van der Waals surface area contributed by atoms with E-state index in [4.69, 9.17) is 4.74 Å². The molecule has 0 fully saturated rings. The van der Waals surface area contributed by atoms with Crippen molar-refractivity contribution in [3.05, 3.63) is 65.8 Å². The van der Waals surface area contributed by atoms with Crippen molar-refractivity contribution < 1.29 is 9.53 Å². The first-order valence-electron chi connectivity index (χ1n) is 8.02. The van der Waals surface area contributed by atoms with Gasteiger partial charge in [0, 0.05) is 18.1 Å². The molecular weight excluding hydrogens is 348 g/mol. The Labute approximate surface area is 153 Å². The SMILES string of the molecule is COC(C(=O)Nc1csc(-c2ccc3nc[nH]c3c2)n1)c1ccccc1. The van der Waals surface area contributed by atoms with Crippen molar-refractivity contribution in [1.82, 2.24) is 15.0 Å². The van der Waals surface area contributed by atoms with Crippen molar-refractivity contribution in [2.45, 2.75) is 6.10 Å². The number of ether oxygens (including phenoxy) is 1. The van der Waals surface area contributed by atoms with Gasteiger partial charge in [-0.05, 0) is 23.8 Å². The van der Waals surface area contributed by atoms with Crippen LogP contribution in [0.25, 0.3) is 21.6 Å². The molecule has 2 N–H and O–H groups in total. The Morgan fingerprint density at radius 1 is 1.23 bits per heavy atom. The fourth-order valence-corrected chi connectivity index (χ4v) is 3.50. The second kappa shape index (κ2) is 7.07. The minimum atomic E-state index is -0.678. The second-order valence-electron chi connectivity index (χ2n) is 5.69. The minimum absolute atomic E-state index is 0.250. The monoisotopic (exact) mass is 364 g/mol. The highest BCUT2D eigenvalue weighted by molar-refractivity contribution is 7.13. The van der Waals surface area contributed by atoms with E-state index in [0.29, 0.717) is 5.82 Å². The fourth-order valence-electron chi connectivity index (χ4n) is 2.75. The number of thiazole rings is 1. The van der Waals surface area contributed by atoms with E-state index in [2.05, 4.69) is 20.3 Å². The number of imidazole rings is 1. The topological polar surface area (TPSA) is 79.9 Å². The second-order valence-corrected chi connectivity index (χ2v) is 6.55. The molecule has 0 aliphatic carbocycles. The number of aromatic nitrogens is 3. The van der Waals surface area contributed by atoms with Gasteiger partial charge < -0.3 is 15.0 Å². The molecule has 2 aromatic carbocycles. The molecule has 6 nitrogen and oxygen atoms in total. The normalized spacial score (nSPS) is 12.2. The van der Waals surface area contributed by atoms with E-state index in [-0.39, 0.29) is 5.91 Å². The third-order valence-electron chi connectivity index (χ3n) is 4.00. The van der Waals surface area contributed by atoms with Gasteiger partial charge in [-0.1, -0.05) is 30.3 Å². The van der Waals surface area contributed by atoms with Crippen molar-refractivity contribution in [3.8, 4) is 10.6 Å². The molecule has 0 aliphatic heterocycles. The van der Waals surface area contributed by atoms with Crippen LogP contribution in [0.3, 0.4) is 0 Å². The maximum atomic E-state index is 12.5. The molecule has 0 saturated heterocycles. The van der Waals surface area contributed by atoms with E-state index in [9.17, 15) is 4.79 Å². The van der Waals surface area contributed by atoms with Crippen LogP contribution in [0.5, 0.6) is 0 Å². The van der Waals surface area contributed by atoms with Gasteiger partial charge in [0.1, 0.15) is 10.8 Å². The van der Waals surface area contributed by atoms with Gasteiger partial charge in [-0.15, -0.1) is 11.3 Å². The summed E-state index contributed by atoms with van der Waals surface area (Å²) >= 11 is 1.47. The number of carbonyl (C=O) groups excluding carboxylic acids is 1. The molecule has 0 bridgehead atoms. The van der Waals surface area contributed by atoms with Gasteiger partial charge in [-0.2, -0.15) is 0 Å². The Balaban J connectivity index is 1.53. The zero-order valence-electron chi connectivity index (χ0n) is 14.0. The third kappa shape index (κ3) is 3.22. The lowest BCUT2D eigenvalue weighted by atomic mass is 10.1. The Morgan fingerprint density at radius 3 is 2.88 bits per heavy atom. The molecule has 4 aromatic rings. The smallest absolute Gasteiger partial charge is 0.259 e. The number of aromatic amines is 1. The first-order chi connectivity index (χ1) is 12.7. The van der Waals surface area contributed by atoms with Gasteiger partial charge in [-0.25, -0.2) is 9.97 Å². The molecule has 4 rings (SSSR count). The summed E-state index contributed by atoms with van der Waals surface area (Å²) in [6, 6.07) is 15.3. The van der Waals surface area contributed by atoms with Crippen LogP contribution in [0.1, 0.15) is 11.7 Å². The maximum absolute atomic E-state index is 12.5. The van der Waals surface area contributed by atoms with Crippen molar-refractivity contribution >= 4 is 34.1 Å². The zero-order chi connectivity index (χ0) is 17.9. The number of methoxy groups -OCH3 is 1. The van der Waals surface area contributed by atoms with Crippen LogP contribution in [0.2, 0.25) is 0 Å². The first-order valence-corrected chi connectivity index (χ1v) is 8.90. The number of nitrogens with one attached hydrogen (secondary N) is 2. The number of rotatable bonds is 5. The number of amides is 1. The number of carbonyl (C=O) groups is 1. The van der Waals surface area contributed by atoms with Crippen LogP contribution in [0, 0.1) is 0 Å². The summed E-state index contributed by atoms with van der Waals surface area (Å²) in [6.45, 7) is 0. The molecule has 1 amide bonds. The summed E-state index contributed by atoms with van der Waals surface area (Å²) in [5, 5.41) is 5.48. The molecule has 0 radical (unpaired) electrons. The summed E-state index contributed by atoms with van der Waals surface area (Å²) in [4.78, 5) is 24.4. The molecule has 2 heterocycles. The van der Waals surface area contributed by atoms with Crippen molar-refractivity contribution in [2.24, 2.45) is 0 Å². The van der Waals surface area contributed by atoms with Crippen LogP contribution in [-0.4, -0.2) is 28.0 Å². The third-order valence-corrected chi connectivity index (χ3v) is 4.89. The van der Waals surface area contributed by atoms with E-state index < -0.39 is 6.10 Å². The molecular formula is C19H16N4O2S. The zero-order valence-corrected chi connectivity index (χ0v) is 14.8. The number of hydrogen-bond acceptors (Lipinski definition) is 5. The van der Waals surface area contributed by atoms with Crippen LogP contribution < -0.4 is 5.32 Å². The number of nitrogens with zero attached hydrogens (tertiary/aromatic N) is 2. The van der Waals surface area contributed by atoms with Crippen molar-refractivity contribution in [3.63, 3.8) is 0 Å². The summed E-state index contributed by atoms with van der Waals surface area (Å²) in [7, 11) is 1.52. The summed E-state index contributed by atoms with van der Waals surface area (Å²) in [6.07, 6.45) is 0.985. The lowest BCUT2D eigenvalue weighted by Gasteiger charge is -2.14. The number of hydrogen-bond donors (Lipinski definition) is 2. The molecule has 0 saturated carbocycles. The average Bonchev–Trinajstić information content (AvgIpc) is 3.31. The Hall–Kier alpha value is -3.03. The van der Waals surface area contributed by atoms with E-state index in [1.807, 2.05) is 53.9 Å². The molecule has 26 heavy (non-hydrogen) atoms. The molecule has 7 heteroatoms. The number of fused-ring (bicyclic) bond motifs is 1. The molecule has 0 aliphatic rings. The Morgan fingerprint density at radius 2 is 2.08 bits per heavy atom. The Bertz CT molecular complexity index is 1040. The lowest BCUT2D eigenvalue weighted by Crippen LogP contribution is -2.22. The van der Waals surface area contributed by atoms with Gasteiger partial charge in [0.2, 0.25) is 0 Å². The highest BCUT2D eigenvalue weighted by Crippen LogP contribution is 2.28. The average molecular weight is 364 g/mol. The van der Waals surface area contributed by atoms with Crippen LogP contribution in [-0.2, 0) is 9.53 Å². The standard InChI is InChI=1S/C19H16N4O2S/c1-25-17(12-5-3-2-4-6-12)18(24)22-16-10-26-19(23-16)13-7-8-14-15(9-13)21-11-20-14/h2-11,17H,1H3,(H,20,21)(H,22,24). The summed E-state index contributed by atoms with van der Waals surface area (Å²) in [5.41, 5.74) is 3.63. The molecule has 130 valence electrons. The molecule has 1 atom stereocenters. The van der Waals surface area contributed by atoms with E-state index >= 15 is 0 Å². The predicted molar refractivity (Wildman–Crippen MR) is 102 cm³/mol. The number of benzene rings is 2. The van der Waals surface area contributed by atoms with Gasteiger partial charge in [0.15, 0.2) is 6.10 Å². The minimum Gasteiger partial charge on any atom is -0.367 e. The van der Waals surface area contributed by atoms with Gasteiger partial charge >= 0.3 is 0 Å². The van der Waals surface area contributed by atoms with E-state index in [1.54, 1.807) is 6.33 Å². The Kier molecular flexibility index (Phi) is 4.47.